The van der Waals surface area contributed by atoms with Gasteiger partial charge in [-0.15, -0.1) is 0 Å². The van der Waals surface area contributed by atoms with Gasteiger partial charge in [0.25, 0.3) is 0 Å². The molecule has 96 valence electrons. The quantitative estimate of drug-likeness (QED) is 0.729. The minimum absolute atomic E-state index is 0.190. The molecule has 0 saturated heterocycles. The first-order valence-electron chi connectivity index (χ1n) is 5.29. The van der Waals surface area contributed by atoms with E-state index in [0.717, 1.165) is 12.1 Å². The summed E-state index contributed by atoms with van der Waals surface area (Å²) in [4.78, 5) is 0. The van der Waals surface area contributed by atoms with Gasteiger partial charge in [-0.05, 0) is 35.9 Å². The molecule has 2 aromatic carbocycles. The van der Waals surface area contributed by atoms with Crippen molar-refractivity contribution < 1.29 is 13.2 Å². The number of benzene rings is 2. The Morgan fingerprint density at radius 2 is 1.63 bits per heavy atom. The van der Waals surface area contributed by atoms with Gasteiger partial charge in [-0.25, -0.2) is 0 Å². The Labute approximate surface area is 112 Å². The summed E-state index contributed by atoms with van der Waals surface area (Å²) in [5, 5.41) is 9.45. The van der Waals surface area contributed by atoms with Crippen LogP contribution < -0.4 is 0 Å². The molecule has 5 heteroatoms. The second-order valence-corrected chi connectivity index (χ2v) is 4.31. The second-order valence-electron chi connectivity index (χ2n) is 3.88. The number of hydrogen-bond acceptors (Lipinski definition) is 1. The van der Waals surface area contributed by atoms with E-state index >= 15 is 0 Å². The standard InChI is InChI=1S/C14H7ClF3N/c15-12-5-2-9(3-6-12)13-7-11(14(16,17)18)4-1-10(13)8-19/h1-7H. The maximum absolute atomic E-state index is 12.7. The van der Waals surface area contributed by atoms with E-state index in [-0.39, 0.29) is 11.1 Å². The summed E-state index contributed by atoms with van der Waals surface area (Å²) in [6.07, 6.45) is -4.44. The maximum atomic E-state index is 12.7. The third-order valence-corrected chi connectivity index (χ3v) is 2.87. The summed E-state index contributed by atoms with van der Waals surface area (Å²) in [6.45, 7) is 0. The molecule has 0 aromatic heterocycles. The molecule has 0 aliphatic carbocycles. The van der Waals surface area contributed by atoms with Crippen molar-refractivity contribution in [3.63, 3.8) is 0 Å². The van der Waals surface area contributed by atoms with E-state index in [1.54, 1.807) is 24.3 Å². The Morgan fingerprint density at radius 1 is 1.00 bits per heavy atom. The lowest BCUT2D eigenvalue weighted by molar-refractivity contribution is -0.137. The van der Waals surface area contributed by atoms with Crippen LogP contribution in [0.1, 0.15) is 11.1 Å². The van der Waals surface area contributed by atoms with Crippen molar-refractivity contribution in [1.82, 2.24) is 0 Å². The van der Waals surface area contributed by atoms with Crippen LogP contribution in [0.3, 0.4) is 0 Å². The monoisotopic (exact) mass is 281 g/mol. The molecule has 1 nitrogen and oxygen atoms in total. The fraction of sp³-hybridized carbons (Fsp3) is 0.0714. The maximum Gasteiger partial charge on any atom is 0.416 e. The molecule has 0 saturated carbocycles. The van der Waals surface area contributed by atoms with Crippen LogP contribution in [0.4, 0.5) is 13.2 Å². The van der Waals surface area contributed by atoms with Gasteiger partial charge in [0, 0.05) is 10.6 Å². The molecular formula is C14H7ClF3N. The Morgan fingerprint density at radius 3 is 2.16 bits per heavy atom. The third kappa shape index (κ3) is 2.88. The highest BCUT2D eigenvalue weighted by molar-refractivity contribution is 6.30. The zero-order valence-corrected chi connectivity index (χ0v) is 10.3. The van der Waals surface area contributed by atoms with Gasteiger partial charge in [0.2, 0.25) is 0 Å². The third-order valence-electron chi connectivity index (χ3n) is 2.62. The van der Waals surface area contributed by atoms with Gasteiger partial charge >= 0.3 is 6.18 Å². The van der Waals surface area contributed by atoms with Crippen molar-refractivity contribution in [2.75, 3.05) is 0 Å². The van der Waals surface area contributed by atoms with E-state index in [2.05, 4.69) is 0 Å². The highest BCUT2D eigenvalue weighted by Crippen LogP contribution is 2.34. The van der Waals surface area contributed by atoms with Crippen molar-refractivity contribution in [2.24, 2.45) is 0 Å². The van der Waals surface area contributed by atoms with Crippen molar-refractivity contribution in [2.45, 2.75) is 6.18 Å². The predicted octanol–water partition coefficient (Wildman–Crippen LogP) is 4.90. The highest BCUT2D eigenvalue weighted by Gasteiger charge is 2.31. The zero-order valence-electron chi connectivity index (χ0n) is 9.50. The van der Waals surface area contributed by atoms with Gasteiger partial charge < -0.3 is 0 Å². The van der Waals surface area contributed by atoms with Crippen LogP contribution in [0.25, 0.3) is 11.1 Å². The molecule has 19 heavy (non-hydrogen) atoms. The number of rotatable bonds is 1. The van der Waals surface area contributed by atoms with Crippen LogP contribution in [-0.2, 0) is 6.18 Å². The SMILES string of the molecule is N#Cc1ccc(C(F)(F)F)cc1-c1ccc(Cl)cc1. The van der Waals surface area contributed by atoms with Gasteiger partial charge in [0.1, 0.15) is 0 Å². The lowest BCUT2D eigenvalue weighted by Gasteiger charge is -2.10. The summed E-state index contributed by atoms with van der Waals surface area (Å²) < 4.78 is 38.0. The minimum atomic E-state index is -4.44. The van der Waals surface area contributed by atoms with Gasteiger partial charge in [0.15, 0.2) is 0 Å². The normalized spacial score (nSPS) is 11.1. The lowest BCUT2D eigenvalue weighted by atomic mass is 9.98. The molecule has 0 aliphatic rings. The molecule has 0 aliphatic heterocycles. The van der Waals surface area contributed by atoms with Gasteiger partial charge in [-0.2, -0.15) is 18.4 Å². The Kier molecular flexibility index (Phi) is 3.50. The molecule has 0 atom stereocenters. The Hall–Kier alpha value is -1.99. The second kappa shape index (κ2) is 4.94. The number of hydrogen-bond donors (Lipinski definition) is 0. The number of alkyl halides is 3. The number of halogens is 4. The number of nitriles is 1. The fourth-order valence-corrected chi connectivity index (χ4v) is 1.81. The molecule has 0 heterocycles. The fourth-order valence-electron chi connectivity index (χ4n) is 1.69. The summed E-state index contributed by atoms with van der Waals surface area (Å²) >= 11 is 5.73. The summed E-state index contributed by atoms with van der Waals surface area (Å²) in [5.41, 5.74) is 0.174. The highest BCUT2D eigenvalue weighted by atomic mass is 35.5. The molecule has 0 amide bonds. The summed E-state index contributed by atoms with van der Waals surface area (Å²) in [7, 11) is 0. The molecule has 0 bridgehead atoms. The van der Waals surface area contributed by atoms with Crippen LogP contribution in [0.15, 0.2) is 42.5 Å². The van der Waals surface area contributed by atoms with E-state index in [1.807, 2.05) is 6.07 Å². The van der Waals surface area contributed by atoms with Crippen LogP contribution in [0.5, 0.6) is 0 Å². The molecule has 0 fully saturated rings. The number of nitrogens with zero attached hydrogens (tertiary/aromatic N) is 1. The average molecular weight is 282 g/mol. The van der Waals surface area contributed by atoms with E-state index in [4.69, 9.17) is 16.9 Å². The van der Waals surface area contributed by atoms with Crippen molar-refractivity contribution in [1.29, 1.82) is 5.26 Å². The molecule has 0 unspecified atom stereocenters. The first kappa shape index (κ1) is 13.4. The van der Waals surface area contributed by atoms with Gasteiger partial charge in [0.05, 0.1) is 17.2 Å². The largest absolute Gasteiger partial charge is 0.416 e. The van der Waals surface area contributed by atoms with E-state index in [9.17, 15) is 13.2 Å². The van der Waals surface area contributed by atoms with Crippen molar-refractivity contribution in [3.8, 4) is 17.2 Å². The van der Waals surface area contributed by atoms with E-state index in [1.165, 1.54) is 6.07 Å². The van der Waals surface area contributed by atoms with E-state index in [0.29, 0.717) is 10.6 Å². The van der Waals surface area contributed by atoms with Crippen molar-refractivity contribution >= 4 is 11.6 Å². The van der Waals surface area contributed by atoms with Crippen LogP contribution in [-0.4, -0.2) is 0 Å². The molecule has 0 spiro atoms. The lowest BCUT2D eigenvalue weighted by Crippen LogP contribution is -2.05. The smallest absolute Gasteiger partial charge is 0.192 e. The van der Waals surface area contributed by atoms with E-state index < -0.39 is 11.7 Å². The Balaban J connectivity index is 2.60. The van der Waals surface area contributed by atoms with Crippen LogP contribution in [0.2, 0.25) is 5.02 Å². The molecule has 0 N–H and O–H groups in total. The molecule has 2 rings (SSSR count). The first-order valence-corrected chi connectivity index (χ1v) is 5.67. The zero-order chi connectivity index (χ0) is 14.0. The van der Waals surface area contributed by atoms with Gasteiger partial charge in [-0.3, -0.25) is 0 Å². The topological polar surface area (TPSA) is 23.8 Å². The minimum Gasteiger partial charge on any atom is -0.192 e. The Bertz CT molecular complexity index is 639. The molecular weight excluding hydrogens is 275 g/mol. The predicted molar refractivity (Wildman–Crippen MR) is 66.6 cm³/mol. The summed E-state index contributed by atoms with van der Waals surface area (Å²) in [6, 6.07) is 11.2. The van der Waals surface area contributed by atoms with Crippen LogP contribution >= 0.6 is 11.6 Å². The molecule has 0 radical (unpaired) electrons. The first-order chi connectivity index (χ1) is 8.91. The summed E-state index contributed by atoms with van der Waals surface area (Å²) in [5.74, 6) is 0. The van der Waals surface area contributed by atoms with Gasteiger partial charge in [-0.1, -0.05) is 23.7 Å². The average Bonchev–Trinajstić information content (AvgIpc) is 2.38. The molecule has 2 aromatic rings. The van der Waals surface area contributed by atoms with Crippen molar-refractivity contribution in [3.05, 3.63) is 58.6 Å². The van der Waals surface area contributed by atoms with Crippen LogP contribution in [0, 0.1) is 11.3 Å².